The fourth-order valence-electron chi connectivity index (χ4n) is 2.42. The summed E-state index contributed by atoms with van der Waals surface area (Å²) in [7, 11) is 0. The van der Waals surface area contributed by atoms with Crippen molar-refractivity contribution < 1.29 is 23.9 Å². The van der Waals surface area contributed by atoms with E-state index < -0.39 is 5.97 Å². The molecule has 0 bridgehead atoms. The quantitative estimate of drug-likeness (QED) is 0.936. The lowest BCUT2D eigenvalue weighted by Gasteiger charge is -2.15. The second-order valence-corrected chi connectivity index (χ2v) is 5.47. The average molecular weight is 303 g/mol. The molecule has 0 saturated heterocycles. The molecule has 0 saturated carbocycles. The standard InChI is InChI=1S/C16H17NO5/c1-9(2)10-6-14-15(21-5-3-4-20-14)7-11(10)13-8-12(16(18)19)17-22-13/h6-9H,3-5H2,1-2H3,(H,18,19). The normalized spacial score (nSPS) is 14.0. The van der Waals surface area contributed by atoms with Crippen molar-refractivity contribution in [2.75, 3.05) is 13.2 Å². The second-order valence-electron chi connectivity index (χ2n) is 5.47. The number of carbonyl (C=O) groups is 1. The van der Waals surface area contributed by atoms with Crippen molar-refractivity contribution in [3.8, 4) is 22.8 Å². The van der Waals surface area contributed by atoms with Crippen LogP contribution in [0, 0.1) is 0 Å². The molecule has 0 spiro atoms. The van der Waals surface area contributed by atoms with Crippen molar-refractivity contribution in [2.45, 2.75) is 26.2 Å². The van der Waals surface area contributed by atoms with E-state index in [0.717, 1.165) is 17.5 Å². The summed E-state index contributed by atoms with van der Waals surface area (Å²) in [4.78, 5) is 11.0. The van der Waals surface area contributed by atoms with Gasteiger partial charge in [-0.05, 0) is 23.6 Å². The summed E-state index contributed by atoms with van der Waals surface area (Å²) >= 11 is 0. The van der Waals surface area contributed by atoms with Gasteiger partial charge in [0, 0.05) is 18.1 Å². The Labute approximate surface area is 127 Å². The molecule has 1 aliphatic heterocycles. The van der Waals surface area contributed by atoms with Crippen molar-refractivity contribution >= 4 is 5.97 Å². The Balaban J connectivity index is 2.11. The van der Waals surface area contributed by atoms with E-state index in [1.54, 1.807) is 0 Å². The van der Waals surface area contributed by atoms with Gasteiger partial charge in [-0.1, -0.05) is 19.0 Å². The molecule has 22 heavy (non-hydrogen) atoms. The van der Waals surface area contributed by atoms with Gasteiger partial charge in [0.2, 0.25) is 0 Å². The molecule has 3 rings (SSSR count). The molecule has 0 amide bonds. The smallest absolute Gasteiger partial charge is 0.358 e. The van der Waals surface area contributed by atoms with Crippen LogP contribution in [0.5, 0.6) is 11.5 Å². The van der Waals surface area contributed by atoms with Crippen LogP contribution in [0.4, 0.5) is 0 Å². The van der Waals surface area contributed by atoms with Gasteiger partial charge in [-0.3, -0.25) is 0 Å². The van der Waals surface area contributed by atoms with Crippen LogP contribution in [0.2, 0.25) is 0 Å². The van der Waals surface area contributed by atoms with Crippen LogP contribution < -0.4 is 9.47 Å². The Morgan fingerprint density at radius 3 is 2.45 bits per heavy atom. The summed E-state index contributed by atoms with van der Waals surface area (Å²) in [6.07, 6.45) is 0.826. The lowest BCUT2D eigenvalue weighted by molar-refractivity contribution is 0.0686. The molecule has 0 unspecified atom stereocenters. The number of hydrogen-bond donors (Lipinski definition) is 1. The Hall–Kier alpha value is -2.50. The first-order valence-electron chi connectivity index (χ1n) is 7.20. The van der Waals surface area contributed by atoms with Gasteiger partial charge in [0.05, 0.1) is 13.2 Å². The molecule has 6 nitrogen and oxygen atoms in total. The van der Waals surface area contributed by atoms with Gasteiger partial charge < -0.3 is 19.1 Å². The first-order valence-corrected chi connectivity index (χ1v) is 7.20. The summed E-state index contributed by atoms with van der Waals surface area (Å²) in [6.45, 7) is 5.31. The highest BCUT2D eigenvalue weighted by Gasteiger charge is 2.21. The van der Waals surface area contributed by atoms with Crippen molar-refractivity contribution in [3.05, 3.63) is 29.5 Å². The Morgan fingerprint density at radius 2 is 1.86 bits per heavy atom. The summed E-state index contributed by atoms with van der Waals surface area (Å²) < 4.78 is 16.6. The van der Waals surface area contributed by atoms with Crippen LogP contribution in [0.3, 0.4) is 0 Å². The molecule has 0 fully saturated rings. The molecule has 0 aliphatic carbocycles. The monoisotopic (exact) mass is 303 g/mol. The topological polar surface area (TPSA) is 81.8 Å². The Morgan fingerprint density at radius 1 is 1.18 bits per heavy atom. The molecule has 1 aromatic heterocycles. The lowest BCUT2D eigenvalue weighted by Crippen LogP contribution is -1.98. The van der Waals surface area contributed by atoms with Crippen LogP contribution in [-0.4, -0.2) is 29.4 Å². The molecular weight excluding hydrogens is 286 g/mol. The van der Waals surface area contributed by atoms with E-state index in [1.165, 1.54) is 6.07 Å². The molecule has 0 atom stereocenters. The minimum Gasteiger partial charge on any atom is -0.490 e. The molecule has 6 heteroatoms. The molecule has 0 radical (unpaired) electrons. The fraction of sp³-hybridized carbons (Fsp3) is 0.375. The molecule has 116 valence electrons. The van der Waals surface area contributed by atoms with Crippen molar-refractivity contribution in [1.82, 2.24) is 5.16 Å². The number of fused-ring (bicyclic) bond motifs is 1. The zero-order valence-electron chi connectivity index (χ0n) is 12.5. The summed E-state index contributed by atoms with van der Waals surface area (Å²) in [5, 5.41) is 12.6. The number of aromatic carboxylic acids is 1. The van der Waals surface area contributed by atoms with E-state index in [9.17, 15) is 4.79 Å². The SMILES string of the molecule is CC(C)c1cc2c(cc1-c1cc(C(=O)O)no1)OCCCO2. The Kier molecular flexibility index (Phi) is 3.75. The first kappa shape index (κ1) is 14.4. The zero-order valence-corrected chi connectivity index (χ0v) is 12.5. The molecule has 1 aromatic carbocycles. The maximum absolute atomic E-state index is 11.0. The highest BCUT2D eigenvalue weighted by molar-refractivity contribution is 5.86. The zero-order chi connectivity index (χ0) is 15.7. The number of rotatable bonds is 3. The number of benzene rings is 1. The van der Waals surface area contributed by atoms with E-state index in [0.29, 0.717) is 30.5 Å². The third-order valence-electron chi connectivity index (χ3n) is 3.54. The third kappa shape index (κ3) is 2.64. The summed E-state index contributed by atoms with van der Waals surface area (Å²) in [5.74, 6) is 0.866. The van der Waals surface area contributed by atoms with Crippen LogP contribution in [-0.2, 0) is 0 Å². The number of nitrogens with zero attached hydrogens (tertiary/aromatic N) is 1. The number of aromatic nitrogens is 1. The number of carboxylic acid groups (broad SMARTS) is 1. The maximum Gasteiger partial charge on any atom is 0.358 e. The summed E-state index contributed by atoms with van der Waals surface area (Å²) in [6, 6.07) is 5.19. The highest BCUT2D eigenvalue weighted by atomic mass is 16.5. The van der Waals surface area contributed by atoms with Gasteiger partial charge in [0.1, 0.15) is 0 Å². The average Bonchev–Trinajstić information content (AvgIpc) is 2.86. The third-order valence-corrected chi connectivity index (χ3v) is 3.54. The molecule has 1 aliphatic rings. The van der Waals surface area contributed by atoms with Crippen molar-refractivity contribution in [2.24, 2.45) is 0 Å². The van der Waals surface area contributed by atoms with Crippen LogP contribution in [0.15, 0.2) is 22.7 Å². The molecule has 2 heterocycles. The summed E-state index contributed by atoms with van der Waals surface area (Å²) in [5.41, 5.74) is 1.66. The number of hydrogen-bond acceptors (Lipinski definition) is 5. The van der Waals surface area contributed by atoms with Gasteiger partial charge in [0.25, 0.3) is 0 Å². The highest BCUT2D eigenvalue weighted by Crippen LogP contribution is 2.40. The van der Waals surface area contributed by atoms with Gasteiger partial charge in [0.15, 0.2) is 23.0 Å². The Bertz CT molecular complexity index is 705. The second kappa shape index (κ2) is 5.71. The van der Waals surface area contributed by atoms with Gasteiger partial charge in [-0.2, -0.15) is 0 Å². The largest absolute Gasteiger partial charge is 0.490 e. The number of ether oxygens (including phenoxy) is 2. The predicted molar refractivity (Wildman–Crippen MR) is 78.6 cm³/mol. The molecular formula is C16H17NO5. The van der Waals surface area contributed by atoms with Crippen LogP contribution >= 0.6 is 0 Å². The maximum atomic E-state index is 11.0. The minimum absolute atomic E-state index is 0.114. The van der Waals surface area contributed by atoms with E-state index in [1.807, 2.05) is 12.1 Å². The van der Waals surface area contributed by atoms with Crippen molar-refractivity contribution in [3.63, 3.8) is 0 Å². The minimum atomic E-state index is -1.12. The van der Waals surface area contributed by atoms with E-state index in [2.05, 4.69) is 19.0 Å². The van der Waals surface area contributed by atoms with Crippen molar-refractivity contribution in [1.29, 1.82) is 0 Å². The van der Waals surface area contributed by atoms with E-state index in [4.69, 9.17) is 19.1 Å². The first-order chi connectivity index (χ1) is 10.6. The van der Waals surface area contributed by atoms with E-state index >= 15 is 0 Å². The van der Waals surface area contributed by atoms with Crippen LogP contribution in [0.25, 0.3) is 11.3 Å². The molecule has 2 aromatic rings. The van der Waals surface area contributed by atoms with E-state index in [-0.39, 0.29) is 11.6 Å². The fourth-order valence-corrected chi connectivity index (χ4v) is 2.42. The van der Waals surface area contributed by atoms with Gasteiger partial charge >= 0.3 is 5.97 Å². The predicted octanol–water partition coefficient (Wildman–Crippen LogP) is 3.32. The van der Waals surface area contributed by atoms with Crippen LogP contribution in [0.1, 0.15) is 42.2 Å². The number of carboxylic acids is 1. The van der Waals surface area contributed by atoms with Gasteiger partial charge in [-0.25, -0.2) is 4.79 Å². The lowest BCUT2D eigenvalue weighted by atomic mass is 9.95. The molecule has 1 N–H and O–H groups in total. The van der Waals surface area contributed by atoms with Gasteiger partial charge in [-0.15, -0.1) is 0 Å².